The van der Waals surface area contributed by atoms with Gasteiger partial charge in [0.25, 0.3) is 15.7 Å². The monoisotopic (exact) mass is 450 g/mol. The maximum atomic E-state index is 13.3. The van der Waals surface area contributed by atoms with Crippen molar-refractivity contribution in [1.29, 1.82) is 0 Å². The molecule has 0 fully saturated rings. The second kappa shape index (κ2) is 7.93. The van der Waals surface area contributed by atoms with Crippen LogP contribution in [-0.2, 0) is 16.4 Å². The van der Waals surface area contributed by atoms with Crippen LogP contribution in [0.1, 0.15) is 27.0 Å². The van der Waals surface area contributed by atoms with Crippen molar-refractivity contribution in [3.63, 3.8) is 0 Å². The lowest BCUT2D eigenvalue weighted by molar-refractivity contribution is -0.384. The smallest absolute Gasteiger partial charge is 0.335 e. The SMILES string of the molecule is Cc1ccc(S(=O)(=O)n2cc(Cc3ccc(C(=O)O)cc3)c3cc([N+](=O)[O-])ccc32)cc1. The van der Waals surface area contributed by atoms with Gasteiger partial charge in [0.2, 0.25) is 0 Å². The van der Waals surface area contributed by atoms with E-state index in [9.17, 15) is 23.3 Å². The fraction of sp³-hybridized carbons (Fsp3) is 0.0870. The van der Waals surface area contributed by atoms with Gasteiger partial charge in [-0.25, -0.2) is 17.2 Å². The third-order valence-corrected chi connectivity index (χ3v) is 6.91. The molecule has 0 bridgehead atoms. The van der Waals surface area contributed by atoms with Crippen LogP contribution in [0.2, 0.25) is 0 Å². The minimum atomic E-state index is -3.94. The van der Waals surface area contributed by atoms with E-state index in [-0.39, 0.29) is 22.6 Å². The van der Waals surface area contributed by atoms with Gasteiger partial charge < -0.3 is 5.11 Å². The lowest BCUT2D eigenvalue weighted by atomic mass is 10.0. The number of nitro benzene ring substituents is 1. The summed E-state index contributed by atoms with van der Waals surface area (Å²) in [6, 6.07) is 16.7. The van der Waals surface area contributed by atoms with Crippen LogP contribution in [0.15, 0.2) is 77.8 Å². The second-order valence-corrected chi connectivity index (χ2v) is 9.22. The van der Waals surface area contributed by atoms with E-state index in [1.165, 1.54) is 48.7 Å². The first-order chi connectivity index (χ1) is 15.2. The molecule has 0 saturated heterocycles. The van der Waals surface area contributed by atoms with Crippen molar-refractivity contribution in [3.8, 4) is 0 Å². The largest absolute Gasteiger partial charge is 0.478 e. The van der Waals surface area contributed by atoms with Crippen LogP contribution >= 0.6 is 0 Å². The van der Waals surface area contributed by atoms with Crippen molar-refractivity contribution in [3.05, 3.63) is 105 Å². The van der Waals surface area contributed by atoms with Crippen molar-refractivity contribution in [2.45, 2.75) is 18.2 Å². The molecule has 0 saturated carbocycles. The highest BCUT2D eigenvalue weighted by atomic mass is 32.2. The molecule has 0 spiro atoms. The topological polar surface area (TPSA) is 120 Å². The lowest BCUT2D eigenvalue weighted by Gasteiger charge is -2.08. The third kappa shape index (κ3) is 3.85. The zero-order valence-corrected chi connectivity index (χ0v) is 17.7. The van der Waals surface area contributed by atoms with Crippen molar-refractivity contribution >= 4 is 32.6 Å². The molecule has 1 N–H and O–H groups in total. The Morgan fingerprint density at radius 3 is 2.28 bits per heavy atom. The molecule has 32 heavy (non-hydrogen) atoms. The minimum Gasteiger partial charge on any atom is -0.478 e. The number of fused-ring (bicyclic) bond motifs is 1. The molecule has 0 amide bonds. The Morgan fingerprint density at radius 2 is 1.69 bits per heavy atom. The number of rotatable bonds is 6. The first-order valence-electron chi connectivity index (χ1n) is 9.59. The van der Waals surface area contributed by atoms with E-state index in [0.29, 0.717) is 16.5 Å². The zero-order chi connectivity index (χ0) is 23.0. The fourth-order valence-corrected chi connectivity index (χ4v) is 4.91. The molecule has 0 aliphatic heterocycles. The highest BCUT2D eigenvalue weighted by Crippen LogP contribution is 2.31. The number of hydrogen-bond acceptors (Lipinski definition) is 5. The predicted molar refractivity (Wildman–Crippen MR) is 119 cm³/mol. The van der Waals surface area contributed by atoms with Crippen molar-refractivity contribution in [2.24, 2.45) is 0 Å². The van der Waals surface area contributed by atoms with E-state index in [1.807, 2.05) is 6.92 Å². The number of carbonyl (C=O) groups is 1. The van der Waals surface area contributed by atoms with Gasteiger partial charge in [-0.05, 0) is 54.8 Å². The molecule has 162 valence electrons. The van der Waals surface area contributed by atoms with Crippen molar-refractivity contribution in [2.75, 3.05) is 0 Å². The van der Waals surface area contributed by atoms with Gasteiger partial charge in [-0.2, -0.15) is 0 Å². The number of non-ortho nitro benzene ring substituents is 1. The average Bonchev–Trinajstić information content (AvgIpc) is 3.13. The summed E-state index contributed by atoms with van der Waals surface area (Å²) < 4.78 is 27.8. The number of aromatic carboxylic acids is 1. The molecule has 0 atom stereocenters. The Morgan fingerprint density at radius 1 is 1.03 bits per heavy atom. The first kappa shape index (κ1) is 21.3. The summed E-state index contributed by atoms with van der Waals surface area (Å²) in [6.45, 7) is 1.86. The van der Waals surface area contributed by atoms with Crippen LogP contribution in [0.3, 0.4) is 0 Å². The van der Waals surface area contributed by atoms with Gasteiger partial charge in [0.05, 0.1) is 20.9 Å². The highest BCUT2D eigenvalue weighted by Gasteiger charge is 2.23. The highest BCUT2D eigenvalue weighted by molar-refractivity contribution is 7.90. The van der Waals surface area contributed by atoms with E-state index in [1.54, 1.807) is 24.3 Å². The third-order valence-electron chi connectivity index (χ3n) is 5.22. The Kier molecular flexibility index (Phi) is 5.27. The molecule has 0 aliphatic rings. The summed E-state index contributed by atoms with van der Waals surface area (Å²) in [7, 11) is -3.94. The summed E-state index contributed by atoms with van der Waals surface area (Å²) in [4.78, 5) is 22.0. The number of benzene rings is 3. The molecular weight excluding hydrogens is 432 g/mol. The Bertz CT molecular complexity index is 1450. The number of aromatic nitrogens is 1. The summed E-state index contributed by atoms with van der Waals surface area (Å²) in [6.07, 6.45) is 1.74. The molecule has 0 radical (unpaired) electrons. The standard InChI is InChI=1S/C23H18N2O6S/c1-15-2-9-20(10-3-15)32(30,31)24-14-18(12-16-4-6-17(7-5-16)23(26)27)21-13-19(25(28)29)8-11-22(21)24/h2-11,13-14H,12H2,1H3,(H,26,27). The van der Waals surface area contributed by atoms with Crippen LogP contribution < -0.4 is 0 Å². The summed E-state index contributed by atoms with van der Waals surface area (Å²) in [5.74, 6) is -1.05. The molecule has 0 aliphatic carbocycles. The molecule has 3 aromatic carbocycles. The molecule has 1 aromatic heterocycles. The fourth-order valence-electron chi connectivity index (χ4n) is 3.52. The van der Waals surface area contributed by atoms with Crippen molar-refractivity contribution < 1.29 is 23.2 Å². The lowest BCUT2D eigenvalue weighted by Crippen LogP contribution is -2.11. The number of carboxylic acids is 1. The Balaban J connectivity index is 1.86. The number of carboxylic acid groups (broad SMARTS) is 1. The zero-order valence-electron chi connectivity index (χ0n) is 16.9. The van der Waals surface area contributed by atoms with Crippen LogP contribution in [0.4, 0.5) is 5.69 Å². The van der Waals surface area contributed by atoms with Crippen LogP contribution in [0.25, 0.3) is 10.9 Å². The number of hydrogen-bond donors (Lipinski definition) is 1. The number of nitro groups is 1. The van der Waals surface area contributed by atoms with Crippen LogP contribution in [0, 0.1) is 17.0 Å². The van der Waals surface area contributed by atoms with E-state index < -0.39 is 20.9 Å². The van der Waals surface area contributed by atoms with Crippen LogP contribution in [-0.4, -0.2) is 28.4 Å². The van der Waals surface area contributed by atoms with Crippen LogP contribution in [0.5, 0.6) is 0 Å². The van der Waals surface area contributed by atoms with Gasteiger partial charge >= 0.3 is 5.97 Å². The molecular formula is C23H18N2O6S. The predicted octanol–water partition coefficient (Wildman–Crippen LogP) is 4.38. The van der Waals surface area contributed by atoms with Gasteiger partial charge in [0, 0.05) is 23.7 Å². The van der Waals surface area contributed by atoms with Gasteiger partial charge in [0.15, 0.2) is 0 Å². The summed E-state index contributed by atoms with van der Waals surface area (Å²) in [5.41, 5.74) is 2.55. The summed E-state index contributed by atoms with van der Waals surface area (Å²) >= 11 is 0. The molecule has 4 rings (SSSR count). The van der Waals surface area contributed by atoms with E-state index in [0.717, 1.165) is 15.1 Å². The maximum absolute atomic E-state index is 13.3. The van der Waals surface area contributed by atoms with E-state index in [2.05, 4.69) is 0 Å². The van der Waals surface area contributed by atoms with E-state index in [4.69, 9.17) is 5.11 Å². The van der Waals surface area contributed by atoms with Gasteiger partial charge in [0.1, 0.15) is 0 Å². The quantitative estimate of drug-likeness (QED) is 0.344. The molecule has 0 unspecified atom stereocenters. The van der Waals surface area contributed by atoms with Gasteiger partial charge in [-0.1, -0.05) is 29.8 Å². The van der Waals surface area contributed by atoms with Gasteiger partial charge in [-0.3, -0.25) is 10.1 Å². The molecule has 4 aromatic rings. The minimum absolute atomic E-state index is 0.107. The Hall–Kier alpha value is -3.98. The van der Waals surface area contributed by atoms with Gasteiger partial charge in [-0.15, -0.1) is 0 Å². The maximum Gasteiger partial charge on any atom is 0.335 e. The van der Waals surface area contributed by atoms with E-state index >= 15 is 0 Å². The van der Waals surface area contributed by atoms with Crippen molar-refractivity contribution in [1.82, 2.24) is 3.97 Å². The average molecular weight is 450 g/mol. The Labute approximate surface area is 183 Å². The first-order valence-corrected chi connectivity index (χ1v) is 11.0. The summed E-state index contributed by atoms with van der Waals surface area (Å²) in [5, 5.41) is 20.8. The number of nitrogens with zero attached hydrogens (tertiary/aromatic N) is 2. The molecule has 9 heteroatoms. The normalized spacial score (nSPS) is 11.5. The number of aryl methyl sites for hydroxylation is 1. The molecule has 8 nitrogen and oxygen atoms in total. The molecule has 1 heterocycles. The second-order valence-electron chi connectivity index (χ2n) is 7.41.